The first-order valence-corrected chi connectivity index (χ1v) is 12.7. The van der Waals surface area contributed by atoms with Crippen molar-refractivity contribution in [2.75, 3.05) is 31.8 Å². The molecule has 0 saturated carbocycles. The molecule has 2 aliphatic heterocycles. The van der Waals surface area contributed by atoms with Crippen molar-refractivity contribution in [1.82, 2.24) is 10.1 Å². The number of carbonyl (C=O) groups excluding carboxylic acids is 1. The quantitative estimate of drug-likeness (QED) is 0.526. The Balaban J connectivity index is 1.41. The number of methoxy groups -OCH3 is 1. The second kappa shape index (κ2) is 9.02. The molecule has 3 aromatic rings. The number of benzene rings is 2. The molecule has 1 saturated heterocycles. The Morgan fingerprint density at radius 3 is 2.56 bits per heavy atom. The van der Waals surface area contributed by atoms with E-state index in [1.54, 1.807) is 48.4 Å². The molecule has 0 bridgehead atoms. The van der Waals surface area contributed by atoms with Gasteiger partial charge >= 0.3 is 0 Å². The van der Waals surface area contributed by atoms with Crippen molar-refractivity contribution in [3.8, 4) is 28.6 Å². The molecule has 0 radical (unpaired) electrons. The van der Waals surface area contributed by atoms with E-state index in [2.05, 4.69) is 5.16 Å². The highest BCUT2D eigenvalue weighted by Crippen LogP contribution is 2.35. The van der Waals surface area contributed by atoms with Gasteiger partial charge in [0.05, 0.1) is 18.6 Å². The first kappa shape index (κ1) is 22.3. The van der Waals surface area contributed by atoms with Crippen LogP contribution in [0.25, 0.3) is 11.3 Å². The summed E-state index contributed by atoms with van der Waals surface area (Å²) in [6, 6.07) is 13.8. The standard InChI is InChI=1S/C24H24N2O7S/c1-30-19-5-2-16(3-6-19)14-26(18-8-11-34(28,29)15-18)24(27)20-13-22(33-25-20)17-4-7-21-23(12-17)32-10-9-31-21/h2-7,12-13,18H,8-11,14-15H2,1H3/t18-/m0/s1. The predicted molar refractivity (Wildman–Crippen MR) is 123 cm³/mol. The van der Waals surface area contributed by atoms with Gasteiger partial charge in [0.2, 0.25) is 0 Å². The van der Waals surface area contributed by atoms with Crippen LogP contribution in [0.15, 0.2) is 53.1 Å². The Morgan fingerprint density at radius 1 is 1.09 bits per heavy atom. The van der Waals surface area contributed by atoms with Crippen molar-refractivity contribution in [3.63, 3.8) is 0 Å². The summed E-state index contributed by atoms with van der Waals surface area (Å²) in [6.45, 7) is 1.20. The molecule has 1 amide bonds. The molecular formula is C24H24N2O7S. The summed E-state index contributed by atoms with van der Waals surface area (Å²) in [5.74, 6) is 1.97. The minimum Gasteiger partial charge on any atom is -0.497 e. The van der Waals surface area contributed by atoms with E-state index in [9.17, 15) is 13.2 Å². The largest absolute Gasteiger partial charge is 0.497 e. The molecule has 0 spiro atoms. The number of hydrogen-bond donors (Lipinski definition) is 0. The SMILES string of the molecule is COc1ccc(CN(C(=O)c2cc(-c3ccc4c(c3)OCCO4)on2)[C@H]2CCS(=O)(=O)C2)cc1. The van der Waals surface area contributed by atoms with E-state index in [0.29, 0.717) is 48.2 Å². The third-order valence-corrected chi connectivity index (χ3v) is 7.73. The van der Waals surface area contributed by atoms with E-state index >= 15 is 0 Å². The minimum absolute atomic E-state index is 0.0608. The highest BCUT2D eigenvalue weighted by atomic mass is 32.2. The maximum Gasteiger partial charge on any atom is 0.276 e. The van der Waals surface area contributed by atoms with Crippen LogP contribution < -0.4 is 14.2 Å². The monoisotopic (exact) mass is 484 g/mol. The molecule has 9 nitrogen and oxygen atoms in total. The second-order valence-corrected chi connectivity index (χ2v) is 10.5. The van der Waals surface area contributed by atoms with E-state index in [0.717, 1.165) is 5.56 Å². The summed E-state index contributed by atoms with van der Waals surface area (Å²) < 4.78 is 46.1. The van der Waals surface area contributed by atoms with Crippen LogP contribution in [-0.4, -0.2) is 62.3 Å². The Morgan fingerprint density at radius 2 is 1.85 bits per heavy atom. The number of amides is 1. The van der Waals surface area contributed by atoms with Crippen LogP contribution in [0.3, 0.4) is 0 Å². The van der Waals surface area contributed by atoms with Crippen molar-refractivity contribution >= 4 is 15.7 Å². The molecule has 3 heterocycles. The molecule has 1 aromatic heterocycles. The molecule has 5 rings (SSSR count). The van der Waals surface area contributed by atoms with Gasteiger partial charge in [-0.1, -0.05) is 17.3 Å². The molecule has 0 N–H and O–H groups in total. The van der Waals surface area contributed by atoms with E-state index in [1.807, 2.05) is 12.1 Å². The van der Waals surface area contributed by atoms with Crippen LogP contribution in [-0.2, 0) is 16.4 Å². The number of carbonyl (C=O) groups is 1. The maximum absolute atomic E-state index is 13.5. The summed E-state index contributed by atoms with van der Waals surface area (Å²) in [5.41, 5.74) is 1.66. The number of fused-ring (bicyclic) bond motifs is 1. The number of sulfone groups is 1. The predicted octanol–water partition coefficient (Wildman–Crippen LogP) is 2.95. The molecule has 10 heteroatoms. The zero-order valence-corrected chi connectivity index (χ0v) is 19.4. The van der Waals surface area contributed by atoms with Gasteiger partial charge in [0.1, 0.15) is 19.0 Å². The van der Waals surface area contributed by atoms with E-state index in [1.165, 1.54) is 0 Å². The van der Waals surface area contributed by atoms with E-state index in [-0.39, 0.29) is 29.7 Å². The summed E-state index contributed by atoms with van der Waals surface area (Å²) in [5, 5.41) is 3.99. The fraction of sp³-hybridized carbons (Fsp3) is 0.333. The van der Waals surface area contributed by atoms with Crippen molar-refractivity contribution in [3.05, 3.63) is 59.8 Å². The Kier molecular flexibility index (Phi) is 5.91. The fourth-order valence-corrected chi connectivity index (χ4v) is 5.90. The molecule has 34 heavy (non-hydrogen) atoms. The Bertz CT molecular complexity index is 1300. The smallest absolute Gasteiger partial charge is 0.276 e. The average molecular weight is 485 g/mol. The van der Waals surface area contributed by atoms with Crippen LogP contribution >= 0.6 is 0 Å². The fourth-order valence-electron chi connectivity index (χ4n) is 4.17. The average Bonchev–Trinajstić information content (AvgIpc) is 3.49. The summed E-state index contributed by atoms with van der Waals surface area (Å²) in [4.78, 5) is 15.1. The van der Waals surface area contributed by atoms with Crippen molar-refractivity contribution in [1.29, 1.82) is 0 Å². The van der Waals surface area contributed by atoms with E-state index < -0.39 is 15.9 Å². The summed E-state index contributed by atoms with van der Waals surface area (Å²) >= 11 is 0. The first-order valence-electron chi connectivity index (χ1n) is 10.9. The molecule has 0 unspecified atom stereocenters. The van der Waals surface area contributed by atoms with Crippen LogP contribution in [0.4, 0.5) is 0 Å². The third-order valence-electron chi connectivity index (χ3n) is 5.98. The maximum atomic E-state index is 13.5. The van der Waals surface area contributed by atoms with Gasteiger partial charge in [-0.05, 0) is 42.3 Å². The van der Waals surface area contributed by atoms with Crippen molar-refractivity contribution in [2.45, 2.75) is 19.0 Å². The second-order valence-electron chi connectivity index (χ2n) is 8.27. The minimum atomic E-state index is -3.19. The molecule has 2 aromatic carbocycles. The highest BCUT2D eigenvalue weighted by Gasteiger charge is 2.36. The Labute approximate surface area is 197 Å². The van der Waals surface area contributed by atoms with Gasteiger partial charge in [0, 0.05) is 24.2 Å². The lowest BCUT2D eigenvalue weighted by molar-refractivity contribution is 0.0670. The number of aromatic nitrogens is 1. The van der Waals surface area contributed by atoms with Gasteiger partial charge < -0.3 is 23.6 Å². The number of nitrogens with zero attached hydrogens (tertiary/aromatic N) is 2. The topological polar surface area (TPSA) is 108 Å². The van der Waals surface area contributed by atoms with Crippen LogP contribution in [0.1, 0.15) is 22.5 Å². The zero-order chi connectivity index (χ0) is 23.7. The normalized spacial score (nSPS) is 18.4. The lowest BCUT2D eigenvalue weighted by atomic mass is 10.1. The molecule has 0 aliphatic carbocycles. The van der Waals surface area contributed by atoms with Gasteiger partial charge in [-0.25, -0.2) is 8.42 Å². The zero-order valence-electron chi connectivity index (χ0n) is 18.6. The molecule has 1 atom stereocenters. The van der Waals surface area contributed by atoms with Crippen LogP contribution in [0.2, 0.25) is 0 Å². The molecule has 2 aliphatic rings. The lowest BCUT2D eigenvalue weighted by Gasteiger charge is -2.27. The number of ether oxygens (including phenoxy) is 3. The van der Waals surface area contributed by atoms with Crippen molar-refractivity contribution in [2.24, 2.45) is 0 Å². The van der Waals surface area contributed by atoms with Crippen LogP contribution in [0.5, 0.6) is 17.2 Å². The first-order chi connectivity index (χ1) is 16.4. The van der Waals surface area contributed by atoms with Gasteiger partial charge in [-0.3, -0.25) is 4.79 Å². The molecule has 178 valence electrons. The van der Waals surface area contributed by atoms with Gasteiger partial charge in [-0.2, -0.15) is 0 Å². The van der Waals surface area contributed by atoms with Gasteiger partial charge in [-0.15, -0.1) is 0 Å². The molecule has 1 fully saturated rings. The highest BCUT2D eigenvalue weighted by molar-refractivity contribution is 7.91. The molecular weight excluding hydrogens is 460 g/mol. The number of rotatable bonds is 6. The van der Waals surface area contributed by atoms with Crippen molar-refractivity contribution < 1.29 is 31.9 Å². The van der Waals surface area contributed by atoms with Gasteiger partial charge in [0.25, 0.3) is 5.91 Å². The Hall–Kier alpha value is -3.53. The third kappa shape index (κ3) is 4.58. The van der Waals surface area contributed by atoms with Crippen LogP contribution in [0, 0.1) is 0 Å². The number of hydrogen-bond acceptors (Lipinski definition) is 8. The summed E-state index contributed by atoms with van der Waals surface area (Å²) in [7, 11) is -1.61. The van der Waals surface area contributed by atoms with Gasteiger partial charge in [0.15, 0.2) is 32.8 Å². The lowest BCUT2D eigenvalue weighted by Crippen LogP contribution is -2.40. The van der Waals surface area contributed by atoms with E-state index in [4.69, 9.17) is 18.7 Å². The summed E-state index contributed by atoms with van der Waals surface area (Å²) in [6.07, 6.45) is 0.386.